The van der Waals surface area contributed by atoms with E-state index in [1.165, 1.54) is 45.0 Å². The van der Waals surface area contributed by atoms with Gasteiger partial charge in [0, 0.05) is 74.1 Å². The second-order valence-corrected chi connectivity index (χ2v) is 17.6. The standard InChI is InChI=1S/C47H48Cl3N2S.BrH/c1-46(2)39-29-37(48)21-23-41(39)51(27-11-17-33-13-7-5-8-14-33)43(46)25-19-35-31-53-32-36(45(35)50)20-26-44-47(3,4)40-30-38(49)22-24-42(40)52(44)28-12-18-34-15-9-6-10-16-34;/h5-10,13-16,19-26,29-30H,11-12,17-18,27-28,31-32H2,1-4H3;1H/q+1;/p-1. The number of hydrogen-bond donors (Lipinski definition) is 0. The number of nitrogens with zero attached hydrogens (tertiary/aromatic N) is 2. The van der Waals surface area contributed by atoms with Crippen LogP contribution in [0, 0.1) is 0 Å². The summed E-state index contributed by atoms with van der Waals surface area (Å²) in [4.78, 5) is 2.50. The van der Waals surface area contributed by atoms with Crippen LogP contribution < -0.4 is 21.9 Å². The Balaban J connectivity index is 0.00000497. The van der Waals surface area contributed by atoms with Crippen LogP contribution in [0.3, 0.4) is 0 Å². The van der Waals surface area contributed by atoms with Gasteiger partial charge in [-0.2, -0.15) is 16.3 Å². The Morgan fingerprint density at radius 3 is 2.02 bits per heavy atom. The number of rotatable bonds is 11. The SMILES string of the molecule is CC1(C)C(/C=C/C2=C(Cl)C(=C/C=C3/N(CCCc4ccccc4)c4ccc(Cl)cc4C3(C)C)/CSC2)=[N+](CCCc2ccccc2)c2ccc(Cl)cc21.[Br-]. The lowest BCUT2D eigenvalue weighted by molar-refractivity contribution is -0.438. The molecule has 3 aliphatic rings. The summed E-state index contributed by atoms with van der Waals surface area (Å²) in [7, 11) is 0. The zero-order valence-electron chi connectivity index (χ0n) is 31.5. The quantitative estimate of drug-likeness (QED) is 0.139. The zero-order valence-corrected chi connectivity index (χ0v) is 36.2. The Labute approximate surface area is 352 Å². The van der Waals surface area contributed by atoms with Crippen molar-refractivity contribution >= 4 is 63.7 Å². The maximum absolute atomic E-state index is 7.30. The highest BCUT2D eigenvalue weighted by molar-refractivity contribution is 7.99. The summed E-state index contributed by atoms with van der Waals surface area (Å²) in [5, 5.41) is 2.41. The topological polar surface area (TPSA) is 6.25 Å². The predicted molar refractivity (Wildman–Crippen MR) is 231 cm³/mol. The average molecular weight is 859 g/mol. The Morgan fingerprint density at radius 2 is 1.33 bits per heavy atom. The van der Waals surface area contributed by atoms with E-state index in [2.05, 4.69) is 146 Å². The van der Waals surface area contributed by atoms with Crippen LogP contribution in [0.5, 0.6) is 0 Å². The third kappa shape index (κ3) is 8.54. The van der Waals surface area contributed by atoms with E-state index >= 15 is 0 Å². The number of thioether (sulfide) groups is 1. The van der Waals surface area contributed by atoms with Crippen molar-refractivity contribution in [2.24, 2.45) is 0 Å². The van der Waals surface area contributed by atoms with Crippen molar-refractivity contribution in [3.8, 4) is 0 Å². The van der Waals surface area contributed by atoms with E-state index in [-0.39, 0.29) is 27.8 Å². The molecule has 0 radical (unpaired) electrons. The van der Waals surface area contributed by atoms with E-state index in [4.69, 9.17) is 34.8 Å². The van der Waals surface area contributed by atoms with Gasteiger partial charge in [0.15, 0.2) is 5.71 Å². The first kappa shape index (κ1) is 40.7. The Bertz CT molecular complexity index is 2150. The van der Waals surface area contributed by atoms with Gasteiger partial charge in [-0.05, 0) is 97.4 Å². The van der Waals surface area contributed by atoms with Crippen LogP contribution >= 0.6 is 46.6 Å². The fourth-order valence-electron chi connectivity index (χ4n) is 8.15. The van der Waals surface area contributed by atoms with Gasteiger partial charge in [-0.25, -0.2) is 0 Å². The molecule has 0 amide bonds. The molecule has 0 atom stereocenters. The van der Waals surface area contributed by atoms with E-state index in [1.807, 2.05) is 23.9 Å². The second kappa shape index (κ2) is 17.4. The molecule has 0 fully saturated rings. The molecule has 0 bridgehead atoms. The second-order valence-electron chi connectivity index (χ2n) is 15.3. The van der Waals surface area contributed by atoms with Crippen molar-refractivity contribution in [1.29, 1.82) is 0 Å². The zero-order chi connectivity index (χ0) is 37.2. The summed E-state index contributed by atoms with van der Waals surface area (Å²) in [5.41, 5.74) is 12.2. The summed E-state index contributed by atoms with van der Waals surface area (Å²) >= 11 is 22.3. The largest absolute Gasteiger partial charge is 1.00 e. The van der Waals surface area contributed by atoms with Crippen molar-refractivity contribution in [1.82, 2.24) is 0 Å². The Hall–Kier alpha value is -2.99. The number of anilines is 1. The van der Waals surface area contributed by atoms with Gasteiger partial charge in [0.25, 0.3) is 0 Å². The number of allylic oxidation sites excluding steroid dienone is 6. The summed E-state index contributed by atoms with van der Waals surface area (Å²) in [6.45, 7) is 11.1. The van der Waals surface area contributed by atoms with E-state index in [0.717, 1.165) is 76.5 Å². The van der Waals surface area contributed by atoms with Crippen molar-refractivity contribution in [3.05, 3.63) is 176 Å². The number of aryl methyl sites for hydroxylation is 2. The first-order chi connectivity index (χ1) is 25.5. The van der Waals surface area contributed by atoms with Gasteiger partial charge in [-0.15, -0.1) is 0 Å². The van der Waals surface area contributed by atoms with Gasteiger partial charge in [0.05, 0.1) is 5.41 Å². The monoisotopic (exact) mass is 856 g/mol. The minimum Gasteiger partial charge on any atom is -1.00 e. The van der Waals surface area contributed by atoms with Crippen molar-refractivity contribution in [2.75, 3.05) is 29.5 Å². The summed E-state index contributed by atoms with van der Waals surface area (Å²) in [5.74, 6) is 1.76. The van der Waals surface area contributed by atoms with Gasteiger partial charge in [0.2, 0.25) is 5.69 Å². The Morgan fingerprint density at radius 1 is 0.704 bits per heavy atom. The first-order valence-corrected chi connectivity index (χ1v) is 21.0. The predicted octanol–water partition coefficient (Wildman–Crippen LogP) is 10.0. The maximum atomic E-state index is 7.30. The van der Waals surface area contributed by atoms with E-state index < -0.39 is 0 Å². The average Bonchev–Trinajstić information content (AvgIpc) is 3.48. The molecule has 4 aromatic carbocycles. The van der Waals surface area contributed by atoms with Crippen LogP contribution in [-0.2, 0) is 23.7 Å². The molecule has 3 heterocycles. The highest BCUT2D eigenvalue weighted by atomic mass is 79.9. The van der Waals surface area contributed by atoms with Crippen LogP contribution in [0.2, 0.25) is 10.0 Å². The molecule has 2 nitrogen and oxygen atoms in total. The van der Waals surface area contributed by atoms with Gasteiger partial charge in [-0.3, -0.25) is 0 Å². The maximum Gasteiger partial charge on any atom is 0.209 e. The molecule has 4 aromatic rings. The summed E-state index contributed by atoms with van der Waals surface area (Å²) < 4.78 is 2.50. The highest BCUT2D eigenvalue weighted by Crippen LogP contribution is 2.49. The lowest BCUT2D eigenvalue weighted by Crippen LogP contribution is -3.00. The molecule has 0 unspecified atom stereocenters. The van der Waals surface area contributed by atoms with Crippen LogP contribution in [0.1, 0.15) is 62.8 Å². The van der Waals surface area contributed by atoms with Crippen molar-refractivity contribution in [2.45, 2.75) is 64.2 Å². The van der Waals surface area contributed by atoms with Gasteiger partial charge in [-0.1, -0.05) is 121 Å². The third-order valence-corrected chi connectivity index (χ3v) is 13.0. The number of fused-ring (bicyclic) bond motifs is 2. The smallest absolute Gasteiger partial charge is 0.209 e. The van der Waals surface area contributed by atoms with Crippen molar-refractivity contribution < 1.29 is 21.6 Å². The highest BCUT2D eigenvalue weighted by Gasteiger charge is 2.44. The molecule has 3 aliphatic heterocycles. The lowest BCUT2D eigenvalue weighted by Gasteiger charge is -2.27. The molecular weight excluding hydrogens is 811 g/mol. The minimum absolute atomic E-state index is 0. The van der Waals surface area contributed by atoms with Gasteiger partial charge in [0.1, 0.15) is 6.54 Å². The van der Waals surface area contributed by atoms with E-state index in [0.29, 0.717) is 0 Å². The summed E-state index contributed by atoms with van der Waals surface area (Å²) in [6, 6.07) is 34.2. The van der Waals surface area contributed by atoms with Crippen LogP contribution in [-0.4, -0.2) is 34.9 Å². The first-order valence-electron chi connectivity index (χ1n) is 18.7. The van der Waals surface area contributed by atoms with E-state index in [1.54, 1.807) is 0 Å². The molecule has 0 saturated carbocycles. The number of hydrogen-bond acceptors (Lipinski definition) is 2. The van der Waals surface area contributed by atoms with Gasteiger partial charge < -0.3 is 21.9 Å². The normalized spacial score (nSPS) is 18.8. The fourth-order valence-corrected chi connectivity index (χ4v) is 9.94. The van der Waals surface area contributed by atoms with Crippen molar-refractivity contribution in [3.63, 3.8) is 0 Å². The Kier molecular flexibility index (Phi) is 13.1. The molecule has 0 aliphatic carbocycles. The van der Waals surface area contributed by atoms with Crippen LogP contribution in [0.15, 0.2) is 143 Å². The number of benzene rings is 4. The fraction of sp³-hybridized carbons (Fsp3) is 0.298. The molecule has 54 heavy (non-hydrogen) atoms. The molecule has 7 heteroatoms. The number of halogens is 4. The summed E-state index contributed by atoms with van der Waals surface area (Å²) in [6.07, 6.45) is 13.3. The van der Waals surface area contributed by atoms with Gasteiger partial charge >= 0.3 is 0 Å². The molecule has 280 valence electrons. The molecule has 0 aromatic heterocycles. The van der Waals surface area contributed by atoms with Crippen LogP contribution in [0.25, 0.3) is 0 Å². The van der Waals surface area contributed by atoms with E-state index in [9.17, 15) is 0 Å². The molecule has 0 spiro atoms. The lowest BCUT2D eigenvalue weighted by atomic mass is 9.81. The molecule has 0 saturated heterocycles. The minimum atomic E-state index is -0.197. The molecule has 7 rings (SSSR count). The third-order valence-electron chi connectivity index (χ3n) is 11.1. The molecule has 0 N–H and O–H groups in total. The van der Waals surface area contributed by atoms with Crippen LogP contribution in [0.4, 0.5) is 11.4 Å². The molecular formula is C47H48BrCl3N2S.